The fourth-order valence-electron chi connectivity index (χ4n) is 2.86. The molecule has 138 valence electrons. The maximum atomic E-state index is 12.4. The van der Waals surface area contributed by atoms with Gasteiger partial charge in [0.05, 0.1) is 24.3 Å². The van der Waals surface area contributed by atoms with Gasteiger partial charge in [-0.1, -0.05) is 17.7 Å². The molecule has 1 saturated heterocycles. The lowest BCUT2D eigenvalue weighted by molar-refractivity contribution is 0.102. The van der Waals surface area contributed by atoms with Gasteiger partial charge in [0.25, 0.3) is 5.91 Å². The van der Waals surface area contributed by atoms with E-state index in [9.17, 15) is 4.79 Å². The van der Waals surface area contributed by atoms with Gasteiger partial charge in [-0.2, -0.15) is 16.9 Å². The van der Waals surface area contributed by atoms with E-state index in [2.05, 4.69) is 25.3 Å². The Hall–Kier alpha value is -2.58. The zero-order valence-electron chi connectivity index (χ0n) is 14.4. The number of rotatable bonds is 4. The van der Waals surface area contributed by atoms with Crippen LogP contribution in [0.25, 0.3) is 5.82 Å². The highest BCUT2D eigenvalue weighted by Gasteiger charge is 2.18. The lowest BCUT2D eigenvalue weighted by atomic mass is 10.2. The van der Waals surface area contributed by atoms with Crippen molar-refractivity contribution in [2.24, 2.45) is 0 Å². The van der Waals surface area contributed by atoms with Crippen LogP contribution in [0.15, 0.2) is 49.2 Å². The molecule has 0 atom stereocenters. The van der Waals surface area contributed by atoms with E-state index in [0.717, 1.165) is 30.3 Å². The number of hydrogen-bond acceptors (Lipinski definition) is 6. The van der Waals surface area contributed by atoms with E-state index < -0.39 is 0 Å². The summed E-state index contributed by atoms with van der Waals surface area (Å²) in [6.45, 7) is 1.90. The van der Waals surface area contributed by atoms with Gasteiger partial charge in [0.1, 0.15) is 12.0 Å². The van der Waals surface area contributed by atoms with Crippen LogP contribution in [0.3, 0.4) is 0 Å². The van der Waals surface area contributed by atoms with Crippen molar-refractivity contribution < 1.29 is 4.79 Å². The van der Waals surface area contributed by atoms with Gasteiger partial charge < -0.3 is 10.2 Å². The summed E-state index contributed by atoms with van der Waals surface area (Å²) < 4.78 is 1.66. The van der Waals surface area contributed by atoms with Gasteiger partial charge in [0, 0.05) is 35.2 Å². The average Bonchev–Trinajstić information content (AvgIpc) is 3.17. The van der Waals surface area contributed by atoms with Crippen LogP contribution in [0.2, 0.25) is 5.02 Å². The van der Waals surface area contributed by atoms with Crippen molar-refractivity contribution in [2.75, 3.05) is 34.8 Å². The van der Waals surface area contributed by atoms with Gasteiger partial charge in [-0.15, -0.1) is 0 Å². The number of nitrogens with zero attached hydrogens (tertiary/aromatic N) is 5. The Bertz CT molecular complexity index is 956. The third kappa shape index (κ3) is 4.06. The molecule has 0 aliphatic carbocycles. The molecule has 0 radical (unpaired) electrons. The first-order valence-corrected chi connectivity index (χ1v) is 9.98. The van der Waals surface area contributed by atoms with Crippen molar-refractivity contribution in [1.82, 2.24) is 19.7 Å². The number of aromatic nitrogens is 4. The summed E-state index contributed by atoms with van der Waals surface area (Å²) in [7, 11) is 0. The van der Waals surface area contributed by atoms with E-state index in [1.165, 1.54) is 6.33 Å². The number of hydrogen-bond donors (Lipinski definition) is 1. The van der Waals surface area contributed by atoms with Crippen molar-refractivity contribution in [3.05, 3.63) is 59.8 Å². The number of carbonyl (C=O) groups is 1. The molecule has 3 aromatic rings. The van der Waals surface area contributed by atoms with E-state index >= 15 is 0 Å². The monoisotopic (exact) mass is 400 g/mol. The van der Waals surface area contributed by atoms with Gasteiger partial charge in [-0.3, -0.25) is 4.79 Å². The zero-order chi connectivity index (χ0) is 18.6. The highest BCUT2D eigenvalue weighted by atomic mass is 35.5. The van der Waals surface area contributed by atoms with Crippen LogP contribution in [0.5, 0.6) is 0 Å². The summed E-state index contributed by atoms with van der Waals surface area (Å²) in [4.78, 5) is 23.2. The van der Waals surface area contributed by atoms with E-state index in [0.29, 0.717) is 22.1 Å². The second-order valence-corrected chi connectivity index (χ2v) is 7.63. The van der Waals surface area contributed by atoms with Gasteiger partial charge in [0.2, 0.25) is 0 Å². The Morgan fingerprint density at radius 1 is 1.22 bits per heavy atom. The first-order valence-electron chi connectivity index (χ1n) is 8.45. The normalized spacial score (nSPS) is 14.2. The first kappa shape index (κ1) is 17.8. The van der Waals surface area contributed by atoms with Crippen LogP contribution >= 0.6 is 23.4 Å². The van der Waals surface area contributed by atoms with Gasteiger partial charge in [-0.25, -0.2) is 14.6 Å². The van der Waals surface area contributed by atoms with E-state index in [1.54, 1.807) is 41.3 Å². The van der Waals surface area contributed by atoms with Crippen LogP contribution in [0, 0.1) is 0 Å². The standard InChI is InChI=1S/C18H17ClN6OS/c19-14-3-1-2-13(8-14)18(26)23-15-9-22-25(11-15)17-16(10-20-12-21-17)24-4-6-27-7-5-24/h1-3,8-12H,4-7H2,(H,23,26). The summed E-state index contributed by atoms with van der Waals surface area (Å²) in [6, 6.07) is 6.80. The van der Waals surface area contributed by atoms with Gasteiger partial charge in [-0.05, 0) is 18.2 Å². The Morgan fingerprint density at radius 2 is 2.07 bits per heavy atom. The number of anilines is 2. The first-order chi connectivity index (χ1) is 13.2. The maximum Gasteiger partial charge on any atom is 0.255 e. The molecule has 27 heavy (non-hydrogen) atoms. The van der Waals surface area contributed by atoms with Gasteiger partial charge in [0.15, 0.2) is 5.82 Å². The summed E-state index contributed by atoms with van der Waals surface area (Å²) in [5.74, 6) is 2.61. The number of carbonyl (C=O) groups excluding carboxylic acids is 1. The topological polar surface area (TPSA) is 75.9 Å². The molecule has 4 rings (SSSR count). The van der Waals surface area contributed by atoms with Crippen molar-refractivity contribution in [1.29, 1.82) is 0 Å². The molecule has 3 heterocycles. The summed E-state index contributed by atoms with van der Waals surface area (Å²) in [5.41, 5.74) is 2.01. The minimum absolute atomic E-state index is 0.243. The Labute approximate surface area is 165 Å². The lowest BCUT2D eigenvalue weighted by Gasteiger charge is -2.29. The van der Waals surface area contributed by atoms with Crippen LogP contribution < -0.4 is 10.2 Å². The fourth-order valence-corrected chi connectivity index (χ4v) is 3.95. The molecule has 1 N–H and O–H groups in total. The number of amides is 1. The van der Waals surface area contributed by atoms with Crippen LogP contribution in [0.1, 0.15) is 10.4 Å². The summed E-state index contributed by atoms with van der Waals surface area (Å²) >= 11 is 7.89. The lowest BCUT2D eigenvalue weighted by Crippen LogP contribution is -2.33. The predicted molar refractivity (Wildman–Crippen MR) is 108 cm³/mol. The molecule has 0 spiro atoms. The van der Waals surface area contributed by atoms with Crippen molar-refractivity contribution >= 4 is 40.6 Å². The molecule has 9 heteroatoms. The second-order valence-electron chi connectivity index (χ2n) is 5.97. The van der Waals surface area contributed by atoms with E-state index in [1.807, 2.05) is 18.0 Å². The highest BCUT2D eigenvalue weighted by Crippen LogP contribution is 2.24. The van der Waals surface area contributed by atoms with Crippen LogP contribution in [-0.2, 0) is 0 Å². The maximum absolute atomic E-state index is 12.4. The number of thioether (sulfide) groups is 1. The molecule has 0 bridgehead atoms. The minimum Gasteiger partial charge on any atom is -0.366 e. The van der Waals surface area contributed by atoms with Gasteiger partial charge >= 0.3 is 0 Å². The van der Waals surface area contributed by atoms with Crippen molar-refractivity contribution in [3.63, 3.8) is 0 Å². The largest absolute Gasteiger partial charge is 0.366 e. The predicted octanol–water partition coefficient (Wildman–Crippen LogP) is 3.12. The molecule has 7 nitrogen and oxygen atoms in total. The summed E-state index contributed by atoms with van der Waals surface area (Å²) in [5, 5.41) is 7.71. The zero-order valence-corrected chi connectivity index (χ0v) is 16.0. The molecule has 1 amide bonds. The SMILES string of the molecule is O=C(Nc1cnn(-c2ncncc2N2CCSCC2)c1)c1cccc(Cl)c1. The number of halogens is 1. The molecular formula is C18H17ClN6OS. The summed E-state index contributed by atoms with van der Waals surface area (Å²) in [6.07, 6.45) is 6.65. The molecule has 1 fully saturated rings. The Kier molecular flexibility index (Phi) is 5.26. The number of benzene rings is 1. The Balaban J connectivity index is 1.55. The van der Waals surface area contributed by atoms with E-state index in [-0.39, 0.29) is 5.91 Å². The van der Waals surface area contributed by atoms with Crippen molar-refractivity contribution in [2.45, 2.75) is 0 Å². The third-order valence-electron chi connectivity index (χ3n) is 4.17. The third-order valence-corrected chi connectivity index (χ3v) is 5.35. The van der Waals surface area contributed by atoms with Crippen LogP contribution in [-0.4, -0.2) is 50.3 Å². The molecule has 0 unspecified atom stereocenters. The quantitative estimate of drug-likeness (QED) is 0.725. The molecule has 1 aromatic carbocycles. The smallest absolute Gasteiger partial charge is 0.255 e. The molecule has 0 saturated carbocycles. The van der Waals surface area contributed by atoms with E-state index in [4.69, 9.17) is 11.6 Å². The molecule has 1 aliphatic rings. The highest BCUT2D eigenvalue weighted by molar-refractivity contribution is 7.99. The Morgan fingerprint density at radius 3 is 2.89 bits per heavy atom. The second kappa shape index (κ2) is 7.98. The fraction of sp³-hybridized carbons (Fsp3) is 0.222. The van der Waals surface area contributed by atoms with Crippen molar-refractivity contribution in [3.8, 4) is 5.82 Å². The molecule has 2 aromatic heterocycles. The molecule has 1 aliphatic heterocycles. The molecular weight excluding hydrogens is 384 g/mol. The number of nitrogens with one attached hydrogen (secondary N) is 1. The average molecular weight is 401 g/mol. The minimum atomic E-state index is -0.243. The van der Waals surface area contributed by atoms with Crippen LogP contribution in [0.4, 0.5) is 11.4 Å².